The molecule has 4 aromatic rings. The van der Waals surface area contributed by atoms with E-state index in [2.05, 4.69) is 20.0 Å². The molecule has 0 saturated carbocycles. The van der Waals surface area contributed by atoms with E-state index in [1.54, 1.807) is 10.6 Å². The number of alkyl halides is 3. The van der Waals surface area contributed by atoms with E-state index >= 15 is 0 Å². The number of halogens is 4. The molecule has 28 heavy (non-hydrogen) atoms. The summed E-state index contributed by atoms with van der Waals surface area (Å²) in [7, 11) is 1.40. The molecule has 2 aromatic heterocycles. The van der Waals surface area contributed by atoms with Crippen molar-refractivity contribution in [3.63, 3.8) is 0 Å². The number of fused-ring (bicyclic) bond motifs is 3. The maximum Gasteiger partial charge on any atom is 0.573 e. The van der Waals surface area contributed by atoms with E-state index < -0.39 is 12.2 Å². The lowest BCUT2D eigenvalue weighted by molar-refractivity contribution is -0.274. The molecule has 0 unspecified atom stereocenters. The summed E-state index contributed by atoms with van der Waals surface area (Å²) in [4.78, 5) is 8.68. The molecule has 0 radical (unpaired) electrons. The van der Waals surface area contributed by atoms with Crippen molar-refractivity contribution < 1.29 is 27.0 Å². The normalized spacial score (nSPS) is 11.8. The summed E-state index contributed by atoms with van der Waals surface area (Å²) in [6.07, 6.45) is -1.59. The van der Waals surface area contributed by atoms with Crippen molar-refractivity contribution in [3.8, 4) is 11.5 Å². The Morgan fingerprint density at radius 3 is 2.54 bits per heavy atom. The summed E-state index contributed by atoms with van der Waals surface area (Å²) < 4.78 is 61.4. The third-order valence-electron chi connectivity index (χ3n) is 3.93. The van der Waals surface area contributed by atoms with Gasteiger partial charge in [0.25, 0.3) is 0 Å². The molecule has 0 aliphatic heterocycles. The summed E-state index contributed by atoms with van der Waals surface area (Å²) in [6, 6.07) is 7.70. The number of methoxy groups -OCH3 is 1. The zero-order chi connectivity index (χ0) is 19.9. The van der Waals surface area contributed by atoms with Crippen LogP contribution in [0.4, 0.5) is 29.1 Å². The Balaban J connectivity index is 1.76. The van der Waals surface area contributed by atoms with Crippen LogP contribution < -0.4 is 14.8 Å². The van der Waals surface area contributed by atoms with Gasteiger partial charge in [0.15, 0.2) is 11.5 Å². The standard InChI is InChI=1S/C18H12F4N4O2/c1-27-14-9-10(19)8-13-15(14)25-16(17-23-6-7-26(13)17)24-11-2-4-12(5-3-11)28-18(20,21)22/h2-9H,1H3,(H,24,25). The van der Waals surface area contributed by atoms with Crippen molar-refractivity contribution in [1.29, 1.82) is 0 Å². The van der Waals surface area contributed by atoms with E-state index in [1.807, 2.05) is 0 Å². The van der Waals surface area contributed by atoms with Crippen molar-refractivity contribution in [2.75, 3.05) is 12.4 Å². The van der Waals surface area contributed by atoms with Gasteiger partial charge in [-0.3, -0.25) is 4.40 Å². The minimum atomic E-state index is -4.76. The molecule has 4 rings (SSSR count). The van der Waals surface area contributed by atoms with Crippen LogP contribution in [-0.4, -0.2) is 27.8 Å². The molecule has 10 heteroatoms. The molecule has 0 saturated heterocycles. The van der Waals surface area contributed by atoms with Gasteiger partial charge in [-0.2, -0.15) is 0 Å². The van der Waals surface area contributed by atoms with Crippen molar-refractivity contribution >= 4 is 28.2 Å². The summed E-state index contributed by atoms with van der Waals surface area (Å²) >= 11 is 0. The molecule has 0 spiro atoms. The molecule has 0 atom stereocenters. The van der Waals surface area contributed by atoms with Crippen LogP contribution in [0.1, 0.15) is 0 Å². The van der Waals surface area contributed by atoms with Gasteiger partial charge in [0.2, 0.25) is 0 Å². The number of rotatable bonds is 4. The average molecular weight is 392 g/mol. The molecule has 2 heterocycles. The lowest BCUT2D eigenvalue weighted by Gasteiger charge is -2.13. The minimum Gasteiger partial charge on any atom is -0.494 e. The predicted molar refractivity (Wildman–Crippen MR) is 93.4 cm³/mol. The fourth-order valence-electron chi connectivity index (χ4n) is 2.81. The summed E-state index contributed by atoms with van der Waals surface area (Å²) in [6.45, 7) is 0. The largest absolute Gasteiger partial charge is 0.573 e. The van der Waals surface area contributed by atoms with Gasteiger partial charge >= 0.3 is 6.36 Å². The Hall–Kier alpha value is -3.56. The van der Waals surface area contributed by atoms with E-state index in [-0.39, 0.29) is 11.5 Å². The van der Waals surface area contributed by atoms with Crippen molar-refractivity contribution in [2.24, 2.45) is 0 Å². The van der Waals surface area contributed by atoms with Crippen LogP contribution >= 0.6 is 0 Å². The summed E-state index contributed by atoms with van der Waals surface area (Å²) in [5.74, 6) is -0.260. The highest BCUT2D eigenvalue weighted by Crippen LogP contribution is 2.31. The molecule has 1 N–H and O–H groups in total. The van der Waals surface area contributed by atoms with E-state index in [1.165, 1.54) is 49.7 Å². The fraction of sp³-hybridized carbons (Fsp3) is 0.111. The van der Waals surface area contributed by atoms with Gasteiger partial charge in [-0.15, -0.1) is 13.2 Å². The maximum absolute atomic E-state index is 13.9. The first-order chi connectivity index (χ1) is 13.3. The number of imidazole rings is 1. The van der Waals surface area contributed by atoms with Crippen molar-refractivity contribution in [2.45, 2.75) is 6.36 Å². The van der Waals surface area contributed by atoms with Crippen LogP contribution in [-0.2, 0) is 0 Å². The van der Waals surface area contributed by atoms with Gasteiger partial charge in [0, 0.05) is 30.2 Å². The number of benzene rings is 2. The van der Waals surface area contributed by atoms with Crippen LogP contribution in [0.25, 0.3) is 16.7 Å². The highest BCUT2D eigenvalue weighted by atomic mass is 19.4. The summed E-state index contributed by atoms with van der Waals surface area (Å²) in [5.41, 5.74) is 1.74. The quantitative estimate of drug-likeness (QED) is 0.512. The Morgan fingerprint density at radius 1 is 1.11 bits per heavy atom. The Morgan fingerprint density at radius 2 is 1.86 bits per heavy atom. The van der Waals surface area contributed by atoms with Crippen LogP contribution in [0.2, 0.25) is 0 Å². The summed E-state index contributed by atoms with van der Waals surface area (Å²) in [5, 5.41) is 3.00. The van der Waals surface area contributed by atoms with Gasteiger partial charge in [0.1, 0.15) is 22.8 Å². The highest BCUT2D eigenvalue weighted by Gasteiger charge is 2.31. The van der Waals surface area contributed by atoms with E-state index in [0.717, 1.165) is 0 Å². The first kappa shape index (κ1) is 17.8. The minimum absolute atomic E-state index is 0.238. The fourth-order valence-corrected chi connectivity index (χ4v) is 2.81. The molecular formula is C18H12F4N4O2. The number of aromatic nitrogens is 3. The van der Waals surface area contributed by atoms with Crippen LogP contribution in [0, 0.1) is 5.82 Å². The lowest BCUT2D eigenvalue weighted by Crippen LogP contribution is -2.17. The molecule has 0 bridgehead atoms. The van der Waals surface area contributed by atoms with Gasteiger partial charge in [0.05, 0.1) is 12.6 Å². The zero-order valence-electron chi connectivity index (χ0n) is 14.3. The average Bonchev–Trinajstić information content (AvgIpc) is 3.12. The SMILES string of the molecule is COc1cc(F)cc2c1nc(Nc1ccc(OC(F)(F)F)cc1)c1nccn12. The monoisotopic (exact) mass is 392 g/mol. The Labute approximate surface area is 155 Å². The predicted octanol–water partition coefficient (Wildman–Crippen LogP) is 4.67. The number of anilines is 2. The molecule has 144 valence electrons. The van der Waals surface area contributed by atoms with Gasteiger partial charge < -0.3 is 14.8 Å². The van der Waals surface area contributed by atoms with Gasteiger partial charge in [-0.1, -0.05) is 0 Å². The first-order valence-electron chi connectivity index (χ1n) is 7.97. The number of nitrogens with one attached hydrogen (secondary N) is 1. The number of hydrogen-bond donors (Lipinski definition) is 1. The van der Waals surface area contributed by atoms with E-state index in [0.29, 0.717) is 28.2 Å². The molecule has 0 amide bonds. The van der Waals surface area contributed by atoms with Crippen LogP contribution in [0.3, 0.4) is 0 Å². The second-order valence-electron chi connectivity index (χ2n) is 5.75. The third kappa shape index (κ3) is 3.36. The maximum atomic E-state index is 13.9. The number of ether oxygens (including phenoxy) is 2. The second kappa shape index (κ2) is 6.55. The molecular weight excluding hydrogens is 380 g/mol. The van der Waals surface area contributed by atoms with E-state index in [4.69, 9.17) is 4.74 Å². The third-order valence-corrected chi connectivity index (χ3v) is 3.93. The second-order valence-corrected chi connectivity index (χ2v) is 5.75. The van der Waals surface area contributed by atoms with Crippen molar-refractivity contribution in [3.05, 3.63) is 54.6 Å². The van der Waals surface area contributed by atoms with Crippen LogP contribution in [0.15, 0.2) is 48.8 Å². The topological polar surface area (TPSA) is 60.7 Å². The number of nitrogens with zero attached hydrogens (tertiary/aromatic N) is 3. The molecule has 0 aliphatic carbocycles. The molecule has 2 aromatic carbocycles. The molecule has 6 nitrogen and oxygen atoms in total. The Bertz CT molecular complexity index is 1160. The van der Waals surface area contributed by atoms with Gasteiger partial charge in [-0.25, -0.2) is 14.4 Å². The number of hydrogen-bond acceptors (Lipinski definition) is 5. The van der Waals surface area contributed by atoms with E-state index in [9.17, 15) is 17.6 Å². The van der Waals surface area contributed by atoms with Crippen molar-refractivity contribution in [1.82, 2.24) is 14.4 Å². The zero-order valence-corrected chi connectivity index (χ0v) is 14.3. The molecule has 0 aliphatic rings. The van der Waals surface area contributed by atoms with Gasteiger partial charge in [-0.05, 0) is 24.3 Å². The lowest BCUT2D eigenvalue weighted by atomic mass is 10.2. The molecule has 0 fully saturated rings. The smallest absolute Gasteiger partial charge is 0.494 e. The Kier molecular flexibility index (Phi) is 4.17. The van der Waals surface area contributed by atoms with Crippen LogP contribution in [0.5, 0.6) is 11.5 Å². The highest BCUT2D eigenvalue weighted by molar-refractivity contribution is 5.88. The first-order valence-corrected chi connectivity index (χ1v) is 7.97.